The Hall–Kier alpha value is -1.09. The summed E-state index contributed by atoms with van der Waals surface area (Å²) >= 11 is 0. The van der Waals surface area contributed by atoms with E-state index in [4.69, 9.17) is 4.74 Å². The number of hydrogen-bond donors (Lipinski definition) is 1. The van der Waals surface area contributed by atoms with E-state index in [1.54, 1.807) is 6.07 Å². The van der Waals surface area contributed by atoms with E-state index in [1.165, 1.54) is 6.07 Å². The Bertz CT molecular complexity index is 339. The van der Waals surface area contributed by atoms with E-state index in [2.05, 4.69) is 19.2 Å². The predicted octanol–water partition coefficient (Wildman–Crippen LogP) is 3.28. The molecule has 0 aliphatic rings. The molecule has 1 atom stereocenters. The first kappa shape index (κ1) is 13.0. The highest BCUT2D eigenvalue weighted by molar-refractivity contribution is 5.30. The Morgan fingerprint density at radius 3 is 2.50 bits per heavy atom. The fourth-order valence-electron chi connectivity index (χ4n) is 1.66. The lowest BCUT2D eigenvalue weighted by molar-refractivity contribution is 0.321. The van der Waals surface area contributed by atoms with Crippen LogP contribution < -0.4 is 10.1 Å². The highest BCUT2D eigenvalue weighted by Gasteiger charge is 2.10. The van der Waals surface area contributed by atoms with E-state index >= 15 is 0 Å². The van der Waals surface area contributed by atoms with Gasteiger partial charge in [-0.05, 0) is 31.5 Å². The van der Waals surface area contributed by atoms with Crippen molar-refractivity contribution in [2.45, 2.75) is 39.8 Å². The Labute approximate surface area is 96.8 Å². The molecule has 0 radical (unpaired) electrons. The van der Waals surface area contributed by atoms with Gasteiger partial charge in [0, 0.05) is 12.1 Å². The maximum absolute atomic E-state index is 13.6. The van der Waals surface area contributed by atoms with Crippen molar-refractivity contribution >= 4 is 0 Å². The van der Waals surface area contributed by atoms with Crippen LogP contribution in [0.4, 0.5) is 4.39 Å². The molecule has 0 saturated heterocycles. The van der Waals surface area contributed by atoms with Gasteiger partial charge >= 0.3 is 0 Å². The Kier molecular flexibility index (Phi) is 4.74. The molecule has 1 aromatic rings. The minimum atomic E-state index is -0.295. The van der Waals surface area contributed by atoms with Crippen molar-refractivity contribution in [3.8, 4) is 5.75 Å². The fraction of sp³-hybridized carbons (Fsp3) is 0.538. The Balaban J connectivity index is 2.79. The summed E-state index contributed by atoms with van der Waals surface area (Å²) in [5, 5.41) is 3.33. The molecule has 2 nitrogen and oxygen atoms in total. The number of nitrogens with one attached hydrogen (secondary N) is 1. The topological polar surface area (TPSA) is 21.3 Å². The van der Waals surface area contributed by atoms with Crippen LogP contribution in [0.1, 0.15) is 39.3 Å². The van der Waals surface area contributed by atoms with Crippen LogP contribution in [0.25, 0.3) is 0 Å². The second-order valence-electron chi connectivity index (χ2n) is 4.17. The van der Waals surface area contributed by atoms with Crippen molar-refractivity contribution in [2.24, 2.45) is 0 Å². The van der Waals surface area contributed by atoms with Crippen LogP contribution in [-0.2, 0) is 0 Å². The molecule has 0 aromatic heterocycles. The smallest absolute Gasteiger partial charge is 0.165 e. The molecular weight excluding hydrogens is 205 g/mol. The molecule has 90 valence electrons. The molecule has 1 rings (SSSR count). The third kappa shape index (κ3) is 3.49. The van der Waals surface area contributed by atoms with E-state index in [-0.39, 0.29) is 11.9 Å². The second-order valence-corrected chi connectivity index (χ2v) is 4.17. The summed E-state index contributed by atoms with van der Waals surface area (Å²) in [5.74, 6) is 0.0275. The van der Waals surface area contributed by atoms with Gasteiger partial charge in [0.25, 0.3) is 0 Å². The maximum Gasteiger partial charge on any atom is 0.165 e. The van der Waals surface area contributed by atoms with Crippen LogP contribution in [0.15, 0.2) is 18.2 Å². The van der Waals surface area contributed by atoms with Gasteiger partial charge in [-0.25, -0.2) is 4.39 Å². The summed E-state index contributed by atoms with van der Waals surface area (Å²) in [7, 11) is 0. The molecule has 1 N–H and O–H groups in total. The molecular formula is C13H20FNO. The van der Waals surface area contributed by atoms with Crippen LogP contribution in [0.2, 0.25) is 0 Å². The van der Waals surface area contributed by atoms with Gasteiger partial charge in [0.2, 0.25) is 0 Å². The van der Waals surface area contributed by atoms with Crippen LogP contribution in [0, 0.1) is 5.82 Å². The zero-order chi connectivity index (χ0) is 12.1. The molecule has 0 heterocycles. The van der Waals surface area contributed by atoms with E-state index in [0.29, 0.717) is 18.4 Å². The normalized spacial score (nSPS) is 12.9. The van der Waals surface area contributed by atoms with Crippen LogP contribution in [-0.4, -0.2) is 12.6 Å². The van der Waals surface area contributed by atoms with Gasteiger partial charge in [0.05, 0.1) is 6.61 Å². The highest BCUT2D eigenvalue weighted by Crippen LogP contribution is 2.22. The van der Waals surface area contributed by atoms with Crippen molar-refractivity contribution in [1.29, 1.82) is 0 Å². The SMILES string of the molecule is CCOc1ccc([C@@H](C)NC(C)C)cc1F. The molecule has 0 bridgehead atoms. The largest absolute Gasteiger partial charge is 0.491 e. The summed E-state index contributed by atoms with van der Waals surface area (Å²) in [6.45, 7) is 8.49. The zero-order valence-corrected chi connectivity index (χ0v) is 10.4. The highest BCUT2D eigenvalue weighted by atomic mass is 19.1. The molecule has 16 heavy (non-hydrogen) atoms. The molecule has 0 amide bonds. The number of ether oxygens (including phenoxy) is 1. The van der Waals surface area contributed by atoms with Crippen LogP contribution in [0.5, 0.6) is 5.75 Å². The molecule has 1 aromatic carbocycles. The maximum atomic E-state index is 13.6. The number of rotatable bonds is 5. The fourth-order valence-corrected chi connectivity index (χ4v) is 1.66. The van der Waals surface area contributed by atoms with Crippen molar-refractivity contribution < 1.29 is 9.13 Å². The molecule has 0 saturated carbocycles. The van der Waals surface area contributed by atoms with Gasteiger partial charge in [-0.1, -0.05) is 19.9 Å². The molecule has 0 aliphatic heterocycles. The van der Waals surface area contributed by atoms with Gasteiger partial charge in [0.15, 0.2) is 11.6 Å². The predicted molar refractivity (Wildman–Crippen MR) is 64.3 cm³/mol. The van der Waals surface area contributed by atoms with Gasteiger partial charge < -0.3 is 10.1 Å². The lowest BCUT2D eigenvalue weighted by Gasteiger charge is -2.17. The van der Waals surface area contributed by atoms with Gasteiger partial charge in [-0.15, -0.1) is 0 Å². The van der Waals surface area contributed by atoms with E-state index in [0.717, 1.165) is 5.56 Å². The first-order chi connectivity index (χ1) is 7.54. The van der Waals surface area contributed by atoms with Crippen LogP contribution >= 0.6 is 0 Å². The minimum Gasteiger partial charge on any atom is -0.491 e. The lowest BCUT2D eigenvalue weighted by atomic mass is 10.1. The summed E-state index contributed by atoms with van der Waals surface area (Å²) in [5.41, 5.74) is 0.939. The number of halogens is 1. The molecule has 0 spiro atoms. The Morgan fingerprint density at radius 1 is 1.31 bits per heavy atom. The average Bonchev–Trinajstić information content (AvgIpc) is 2.20. The number of benzene rings is 1. The summed E-state index contributed by atoms with van der Waals surface area (Å²) in [6, 6.07) is 5.64. The zero-order valence-electron chi connectivity index (χ0n) is 10.4. The van der Waals surface area contributed by atoms with Gasteiger partial charge in [-0.2, -0.15) is 0 Å². The molecule has 0 fully saturated rings. The van der Waals surface area contributed by atoms with Gasteiger partial charge in [0.1, 0.15) is 0 Å². The van der Waals surface area contributed by atoms with E-state index < -0.39 is 0 Å². The minimum absolute atomic E-state index is 0.144. The second kappa shape index (κ2) is 5.85. The summed E-state index contributed by atoms with van der Waals surface area (Å²) in [6.07, 6.45) is 0. The summed E-state index contributed by atoms with van der Waals surface area (Å²) in [4.78, 5) is 0. The monoisotopic (exact) mass is 225 g/mol. The van der Waals surface area contributed by atoms with Crippen molar-refractivity contribution in [2.75, 3.05) is 6.61 Å². The number of hydrogen-bond acceptors (Lipinski definition) is 2. The average molecular weight is 225 g/mol. The lowest BCUT2D eigenvalue weighted by Crippen LogP contribution is -2.26. The van der Waals surface area contributed by atoms with Crippen molar-refractivity contribution in [1.82, 2.24) is 5.32 Å². The first-order valence-corrected chi connectivity index (χ1v) is 5.72. The molecule has 0 unspecified atom stereocenters. The Morgan fingerprint density at radius 2 is 2.00 bits per heavy atom. The molecule has 0 aliphatic carbocycles. The van der Waals surface area contributed by atoms with Gasteiger partial charge in [-0.3, -0.25) is 0 Å². The van der Waals surface area contributed by atoms with E-state index in [1.807, 2.05) is 19.9 Å². The summed E-state index contributed by atoms with van der Waals surface area (Å²) < 4.78 is 18.7. The van der Waals surface area contributed by atoms with E-state index in [9.17, 15) is 4.39 Å². The first-order valence-electron chi connectivity index (χ1n) is 5.72. The molecule has 3 heteroatoms. The third-order valence-corrected chi connectivity index (χ3v) is 2.34. The van der Waals surface area contributed by atoms with Crippen LogP contribution in [0.3, 0.4) is 0 Å². The van der Waals surface area contributed by atoms with Crippen molar-refractivity contribution in [3.63, 3.8) is 0 Å². The third-order valence-electron chi connectivity index (χ3n) is 2.34. The quantitative estimate of drug-likeness (QED) is 0.830. The standard InChI is InChI=1S/C13H20FNO/c1-5-16-13-7-6-11(8-12(13)14)10(4)15-9(2)3/h6-10,15H,5H2,1-4H3/t10-/m1/s1. The van der Waals surface area contributed by atoms with Crippen molar-refractivity contribution in [3.05, 3.63) is 29.6 Å².